The summed E-state index contributed by atoms with van der Waals surface area (Å²) in [7, 11) is 4.21. The number of nitrogen functional groups attached to an aromatic ring is 1. The van der Waals surface area contributed by atoms with Gasteiger partial charge in [-0.15, -0.1) is 0 Å². The molecule has 1 heterocycles. The summed E-state index contributed by atoms with van der Waals surface area (Å²) in [5.41, 5.74) is 8.80. The van der Waals surface area contributed by atoms with Crippen molar-refractivity contribution < 1.29 is 0 Å². The zero-order valence-electron chi connectivity index (χ0n) is 12.8. The highest BCUT2D eigenvalue weighted by atomic mass is 15.1. The predicted molar refractivity (Wildman–Crippen MR) is 87.0 cm³/mol. The number of nitrogens with zero attached hydrogens (tertiary/aromatic N) is 2. The number of fused-ring (bicyclic) bond motifs is 1. The van der Waals surface area contributed by atoms with E-state index >= 15 is 0 Å². The van der Waals surface area contributed by atoms with E-state index in [1.54, 1.807) is 0 Å². The van der Waals surface area contributed by atoms with Gasteiger partial charge in [-0.05, 0) is 43.8 Å². The summed E-state index contributed by atoms with van der Waals surface area (Å²) in [5.74, 6) is 0. The highest BCUT2D eigenvalue weighted by Crippen LogP contribution is 2.25. The third-order valence-corrected chi connectivity index (χ3v) is 3.27. The first-order chi connectivity index (χ1) is 9.37. The van der Waals surface area contributed by atoms with Crippen LogP contribution in [0.3, 0.4) is 0 Å². The Hall–Kier alpha value is -1.81. The number of hydrogen-bond donors (Lipinski definition) is 2. The molecule has 20 heavy (non-hydrogen) atoms. The SMILES string of the molecule is CN(C)CC(C)(C)CNc1ccnc2cc(N)ccc12. The fourth-order valence-corrected chi connectivity index (χ4v) is 2.57. The lowest BCUT2D eigenvalue weighted by atomic mass is 9.93. The van der Waals surface area contributed by atoms with Crippen LogP contribution in [0.4, 0.5) is 11.4 Å². The molecule has 0 atom stereocenters. The molecule has 4 heteroatoms. The lowest BCUT2D eigenvalue weighted by Crippen LogP contribution is -2.34. The van der Waals surface area contributed by atoms with E-state index < -0.39 is 0 Å². The van der Waals surface area contributed by atoms with Crippen LogP contribution in [0.15, 0.2) is 30.5 Å². The van der Waals surface area contributed by atoms with Gasteiger partial charge in [0.1, 0.15) is 0 Å². The van der Waals surface area contributed by atoms with Gasteiger partial charge in [-0.2, -0.15) is 0 Å². The fraction of sp³-hybridized carbons (Fsp3) is 0.438. The van der Waals surface area contributed by atoms with Crippen molar-refractivity contribution in [1.29, 1.82) is 0 Å². The van der Waals surface area contributed by atoms with Gasteiger partial charge in [0.05, 0.1) is 5.52 Å². The topological polar surface area (TPSA) is 54.2 Å². The molecular formula is C16H24N4. The molecule has 3 N–H and O–H groups in total. The molecule has 1 aromatic carbocycles. The van der Waals surface area contributed by atoms with Crippen molar-refractivity contribution in [3.63, 3.8) is 0 Å². The van der Waals surface area contributed by atoms with Gasteiger partial charge in [0, 0.05) is 36.0 Å². The highest BCUT2D eigenvalue weighted by molar-refractivity contribution is 5.92. The van der Waals surface area contributed by atoms with Crippen LogP contribution in [-0.2, 0) is 0 Å². The average molecular weight is 272 g/mol. The Morgan fingerprint density at radius 3 is 2.70 bits per heavy atom. The second-order valence-electron chi connectivity index (χ2n) is 6.39. The number of nitrogens with two attached hydrogens (primary N) is 1. The van der Waals surface area contributed by atoms with Gasteiger partial charge in [-0.25, -0.2) is 0 Å². The molecule has 0 aliphatic heterocycles. The molecule has 0 amide bonds. The minimum absolute atomic E-state index is 0.201. The van der Waals surface area contributed by atoms with Crippen LogP contribution in [0.1, 0.15) is 13.8 Å². The Morgan fingerprint density at radius 1 is 1.25 bits per heavy atom. The molecule has 0 aliphatic carbocycles. The van der Waals surface area contributed by atoms with Crippen LogP contribution in [0.2, 0.25) is 0 Å². The number of hydrogen-bond acceptors (Lipinski definition) is 4. The first-order valence-corrected chi connectivity index (χ1v) is 6.90. The molecule has 4 nitrogen and oxygen atoms in total. The first-order valence-electron chi connectivity index (χ1n) is 6.90. The van der Waals surface area contributed by atoms with Crippen molar-refractivity contribution in [3.05, 3.63) is 30.5 Å². The summed E-state index contributed by atoms with van der Waals surface area (Å²) in [6.45, 7) is 6.48. The van der Waals surface area contributed by atoms with Gasteiger partial charge in [0.2, 0.25) is 0 Å². The van der Waals surface area contributed by atoms with E-state index in [0.29, 0.717) is 0 Å². The molecule has 0 aliphatic rings. The van der Waals surface area contributed by atoms with E-state index in [9.17, 15) is 0 Å². The maximum Gasteiger partial charge on any atom is 0.0743 e. The van der Waals surface area contributed by atoms with E-state index in [2.05, 4.69) is 43.1 Å². The molecule has 0 saturated heterocycles. The molecule has 0 radical (unpaired) electrons. The second-order valence-corrected chi connectivity index (χ2v) is 6.39. The van der Waals surface area contributed by atoms with Crippen molar-refractivity contribution in [3.8, 4) is 0 Å². The number of aromatic nitrogens is 1. The van der Waals surface area contributed by atoms with E-state index in [4.69, 9.17) is 5.73 Å². The summed E-state index contributed by atoms with van der Waals surface area (Å²) in [5, 5.41) is 4.66. The second kappa shape index (κ2) is 5.67. The molecule has 108 valence electrons. The van der Waals surface area contributed by atoms with Crippen LogP contribution in [0.5, 0.6) is 0 Å². The van der Waals surface area contributed by atoms with Crippen LogP contribution in [-0.4, -0.2) is 37.1 Å². The van der Waals surface area contributed by atoms with Crippen LogP contribution in [0.25, 0.3) is 10.9 Å². The predicted octanol–water partition coefficient (Wildman–Crippen LogP) is 2.82. The maximum absolute atomic E-state index is 5.81. The Labute approximate surface area is 121 Å². The Morgan fingerprint density at radius 2 is 2.00 bits per heavy atom. The van der Waals surface area contributed by atoms with Crippen molar-refractivity contribution in [1.82, 2.24) is 9.88 Å². The molecule has 0 bridgehead atoms. The number of nitrogens with one attached hydrogen (secondary N) is 1. The van der Waals surface area contributed by atoms with Gasteiger partial charge in [-0.1, -0.05) is 13.8 Å². The third kappa shape index (κ3) is 3.61. The van der Waals surface area contributed by atoms with E-state index in [0.717, 1.165) is 35.4 Å². The highest BCUT2D eigenvalue weighted by Gasteiger charge is 2.18. The molecule has 0 saturated carbocycles. The minimum Gasteiger partial charge on any atom is -0.399 e. The Balaban J connectivity index is 2.18. The van der Waals surface area contributed by atoms with Crippen molar-refractivity contribution in [2.45, 2.75) is 13.8 Å². The van der Waals surface area contributed by atoms with Crippen molar-refractivity contribution >= 4 is 22.3 Å². The van der Waals surface area contributed by atoms with Crippen LogP contribution >= 0.6 is 0 Å². The number of anilines is 2. The largest absolute Gasteiger partial charge is 0.399 e. The number of pyridine rings is 1. The molecule has 2 aromatic rings. The quantitative estimate of drug-likeness (QED) is 0.822. The molecule has 0 fully saturated rings. The molecule has 1 aromatic heterocycles. The number of rotatable bonds is 5. The summed E-state index contributed by atoms with van der Waals surface area (Å²) in [4.78, 5) is 6.58. The van der Waals surface area contributed by atoms with Gasteiger partial charge < -0.3 is 16.0 Å². The van der Waals surface area contributed by atoms with Crippen molar-refractivity contribution in [2.75, 3.05) is 38.2 Å². The zero-order chi connectivity index (χ0) is 14.8. The van der Waals surface area contributed by atoms with Gasteiger partial charge >= 0.3 is 0 Å². The monoisotopic (exact) mass is 272 g/mol. The summed E-state index contributed by atoms with van der Waals surface area (Å²) in [6, 6.07) is 7.87. The van der Waals surface area contributed by atoms with Gasteiger partial charge in [0.25, 0.3) is 0 Å². The Bertz CT molecular complexity index is 590. The third-order valence-electron chi connectivity index (χ3n) is 3.27. The summed E-state index contributed by atoms with van der Waals surface area (Å²) >= 11 is 0. The average Bonchev–Trinajstić information content (AvgIpc) is 2.34. The molecule has 0 unspecified atom stereocenters. The van der Waals surface area contributed by atoms with Crippen LogP contribution < -0.4 is 11.1 Å². The van der Waals surface area contributed by atoms with Gasteiger partial charge in [-0.3, -0.25) is 4.98 Å². The standard InChI is InChI=1S/C16H24N4/c1-16(2,11-20(3)4)10-19-14-7-8-18-15-9-12(17)5-6-13(14)15/h5-9H,10-11,17H2,1-4H3,(H,18,19). The normalized spacial score (nSPS) is 12.1. The lowest BCUT2D eigenvalue weighted by Gasteiger charge is -2.29. The minimum atomic E-state index is 0.201. The van der Waals surface area contributed by atoms with E-state index in [-0.39, 0.29) is 5.41 Å². The van der Waals surface area contributed by atoms with Gasteiger partial charge in [0.15, 0.2) is 0 Å². The smallest absolute Gasteiger partial charge is 0.0743 e. The maximum atomic E-state index is 5.81. The molecular weight excluding hydrogens is 248 g/mol. The zero-order valence-corrected chi connectivity index (χ0v) is 12.8. The Kier molecular flexibility index (Phi) is 4.14. The summed E-state index contributed by atoms with van der Waals surface area (Å²) in [6.07, 6.45) is 1.82. The van der Waals surface area contributed by atoms with E-state index in [1.807, 2.05) is 30.5 Å². The molecule has 2 rings (SSSR count). The molecule has 0 spiro atoms. The van der Waals surface area contributed by atoms with E-state index in [1.165, 1.54) is 0 Å². The van der Waals surface area contributed by atoms with Crippen molar-refractivity contribution in [2.24, 2.45) is 5.41 Å². The lowest BCUT2D eigenvalue weighted by molar-refractivity contribution is 0.254. The number of benzene rings is 1. The fourth-order valence-electron chi connectivity index (χ4n) is 2.57. The summed E-state index contributed by atoms with van der Waals surface area (Å²) < 4.78 is 0. The first kappa shape index (κ1) is 14.6. The van der Waals surface area contributed by atoms with Crippen LogP contribution in [0, 0.1) is 5.41 Å².